The number of carbonyl (C=O) groups excluding carboxylic acids is 2. The van der Waals surface area contributed by atoms with E-state index in [1.54, 1.807) is 4.90 Å². The van der Waals surface area contributed by atoms with Crippen LogP contribution in [0.1, 0.15) is 55.2 Å². The van der Waals surface area contributed by atoms with Gasteiger partial charge in [0.05, 0.1) is 18.2 Å². The number of anilines is 1. The van der Waals surface area contributed by atoms with E-state index in [1.807, 2.05) is 76.3 Å². The molecule has 0 saturated carbocycles. The Kier molecular flexibility index (Phi) is 7.87. The Hall–Kier alpha value is -3.19. The van der Waals surface area contributed by atoms with Gasteiger partial charge < -0.3 is 20.3 Å². The Balaban J connectivity index is 1.80. The fraction of sp³-hybridized carbons (Fsp3) is 0.346. The number of carbonyl (C=O) groups is 2. The highest BCUT2D eigenvalue weighted by Crippen LogP contribution is 2.31. The maximum atomic E-state index is 12.9. The number of esters is 1. The van der Waals surface area contributed by atoms with E-state index >= 15 is 0 Å². The highest BCUT2D eigenvalue weighted by molar-refractivity contribution is 7.80. The molecule has 0 radical (unpaired) electrons. The predicted molar refractivity (Wildman–Crippen MR) is 135 cm³/mol. The van der Waals surface area contributed by atoms with Gasteiger partial charge >= 0.3 is 5.97 Å². The van der Waals surface area contributed by atoms with E-state index in [1.165, 1.54) is 5.56 Å². The first-order valence-electron chi connectivity index (χ1n) is 11.1. The number of benzene rings is 2. The van der Waals surface area contributed by atoms with E-state index in [0.717, 1.165) is 17.7 Å². The molecule has 1 amide bonds. The van der Waals surface area contributed by atoms with Crippen LogP contribution in [0.5, 0.6) is 0 Å². The first-order valence-corrected chi connectivity index (χ1v) is 11.5. The third-order valence-corrected chi connectivity index (χ3v) is 6.04. The van der Waals surface area contributed by atoms with Gasteiger partial charge in [0.1, 0.15) is 0 Å². The molecule has 1 aliphatic rings. The van der Waals surface area contributed by atoms with Crippen LogP contribution in [0.15, 0.2) is 59.8 Å². The minimum absolute atomic E-state index is 0.169. The highest BCUT2D eigenvalue weighted by Gasteiger charge is 2.33. The van der Waals surface area contributed by atoms with Crippen molar-refractivity contribution in [3.05, 3.63) is 76.5 Å². The summed E-state index contributed by atoms with van der Waals surface area (Å²) in [4.78, 5) is 27.3. The average Bonchev–Trinajstić information content (AvgIpc) is 2.81. The minimum atomic E-state index is -0.431. The van der Waals surface area contributed by atoms with Crippen LogP contribution in [-0.2, 0) is 16.0 Å². The van der Waals surface area contributed by atoms with E-state index in [2.05, 4.69) is 17.6 Å². The third-order valence-electron chi connectivity index (χ3n) is 5.65. The Bertz CT molecular complexity index is 1060. The van der Waals surface area contributed by atoms with E-state index < -0.39 is 6.04 Å². The molecule has 7 heteroatoms. The zero-order chi connectivity index (χ0) is 24.1. The molecule has 1 atom stereocenters. The SMILES string of the molecule is CCc1ccc(C(=O)Nc2ccc([C@H]3NC(=S)N(C)C(C)=C3C(=O)OCC(C)C)cc2)cc1. The molecule has 3 rings (SSSR count). The van der Waals surface area contributed by atoms with E-state index in [-0.39, 0.29) is 17.8 Å². The lowest BCUT2D eigenvalue weighted by Crippen LogP contribution is -2.46. The second-order valence-electron chi connectivity index (χ2n) is 8.56. The molecule has 6 nitrogen and oxygen atoms in total. The molecule has 0 saturated heterocycles. The minimum Gasteiger partial charge on any atom is -0.462 e. The maximum absolute atomic E-state index is 12.9. The Morgan fingerprint density at radius 2 is 1.76 bits per heavy atom. The molecule has 0 unspecified atom stereocenters. The van der Waals surface area contributed by atoms with Crippen molar-refractivity contribution in [3.63, 3.8) is 0 Å². The van der Waals surface area contributed by atoms with Crippen LogP contribution < -0.4 is 10.6 Å². The summed E-state index contributed by atoms with van der Waals surface area (Å²) in [7, 11) is 1.82. The van der Waals surface area contributed by atoms with Gasteiger partial charge in [0, 0.05) is 24.0 Å². The lowest BCUT2D eigenvalue weighted by atomic mass is 9.95. The summed E-state index contributed by atoms with van der Waals surface area (Å²) in [5, 5.41) is 6.69. The Morgan fingerprint density at radius 3 is 2.33 bits per heavy atom. The van der Waals surface area contributed by atoms with Crippen molar-refractivity contribution >= 4 is 34.9 Å². The second kappa shape index (κ2) is 10.6. The van der Waals surface area contributed by atoms with Crippen LogP contribution in [0, 0.1) is 5.92 Å². The zero-order valence-electron chi connectivity index (χ0n) is 19.8. The summed E-state index contributed by atoms with van der Waals surface area (Å²) in [5.41, 5.74) is 4.60. The van der Waals surface area contributed by atoms with E-state index in [4.69, 9.17) is 17.0 Å². The first-order chi connectivity index (χ1) is 15.7. The summed E-state index contributed by atoms with van der Waals surface area (Å²) < 4.78 is 5.53. The van der Waals surface area contributed by atoms with Crippen molar-refractivity contribution < 1.29 is 14.3 Å². The van der Waals surface area contributed by atoms with Crippen LogP contribution in [0.25, 0.3) is 0 Å². The molecule has 33 heavy (non-hydrogen) atoms. The number of hydrogen-bond acceptors (Lipinski definition) is 4. The van der Waals surface area contributed by atoms with Crippen molar-refractivity contribution in [3.8, 4) is 0 Å². The van der Waals surface area contributed by atoms with Gasteiger partial charge in [-0.25, -0.2) is 4.79 Å². The van der Waals surface area contributed by atoms with Gasteiger partial charge in [-0.1, -0.05) is 45.0 Å². The topological polar surface area (TPSA) is 70.7 Å². The fourth-order valence-corrected chi connectivity index (χ4v) is 3.78. The third kappa shape index (κ3) is 5.79. The van der Waals surface area contributed by atoms with Crippen LogP contribution >= 0.6 is 12.2 Å². The Morgan fingerprint density at radius 1 is 1.12 bits per heavy atom. The molecule has 0 spiro atoms. The van der Waals surface area contributed by atoms with Crippen molar-refractivity contribution in [2.45, 2.75) is 40.2 Å². The number of aryl methyl sites for hydroxylation is 1. The van der Waals surface area contributed by atoms with E-state index in [9.17, 15) is 9.59 Å². The van der Waals surface area contributed by atoms with Gasteiger partial charge in [-0.05, 0) is 66.9 Å². The average molecular weight is 466 g/mol. The van der Waals surface area contributed by atoms with Gasteiger partial charge in [0.25, 0.3) is 5.91 Å². The van der Waals surface area contributed by atoms with Crippen LogP contribution in [-0.4, -0.2) is 35.5 Å². The molecule has 2 aromatic carbocycles. The summed E-state index contributed by atoms with van der Waals surface area (Å²) in [6, 6.07) is 14.5. The maximum Gasteiger partial charge on any atom is 0.338 e. The standard InChI is InChI=1S/C26H31N3O3S/c1-6-18-7-9-20(10-8-18)24(30)27-21-13-11-19(12-14-21)23-22(25(31)32-15-16(2)3)17(4)29(5)26(33)28-23/h7-14,16,23H,6,15H2,1-5H3,(H,27,30)(H,28,33)/t23-/m1/s1. The summed E-state index contributed by atoms with van der Waals surface area (Å²) in [5.74, 6) is -0.289. The smallest absolute Gasteiger partial charge is 0.338 e. The molecular weight excluding hydrogens is 434 g/mol. The lowest BCUT2D eigenvalue weighted by Gasteiger charge is -2.35. The summed E-state index contributed by atoms with van der Waals surface area (Å²) in [6.45, 7) is 8.29. The number of nitrogens with one attached hydrogen (secondary N) is 2. The fourth-order valence-electron chi connectivity index (χ4n) is 3.52. The number of ether oxygens (including phenoxy) is 1. The van der Waals surface area contributed by atoms with Crippen LogP contribution in [0.3, 0.4) is 0 Å². The summed E-state index contributed by atoms with van der Waals surface area (Å²) in [6.07, 6.45) is 0.929. The molecule has 0 aromatic heterocycles. The number of rotatable bonds is 7. The molecule has 1 aliphatic heterocycles. The lowest BCUT2D eigenvalue weighted by molar-refractivity contribution is -0.140. The van der Waals surface area contributed by atoms with Crippen LogP contribution in [0.4, 0.5) is 5.69 Å². The molecular formula is C26H31N3O3S. The molecule has 174 valence electrons. The number of hydrogen-bond donors (Lipinski definition) is 2. The molecule has 1 heterocycles. The number of amides is 1. The van der Waals surface area contributed by atoms with Gasteiger partial charge in [-0.3, -0.25) is 4.79 Å². The number of thiocarbonyl (C=S) groups is 1. The second-order valence-corrected chi connectivity index (χ2v) is 8.95. The van der Waals surface area contributed by atoms with Gasteiger partial charge in [-0.2, -0.15) is 0 Å². The van der Waals surface area contributed by atoms with Crippen molar-refractivity contribution in [2.24, 2.45) is 5.92 Å². The molecule has 0 bridgehead atoms. The van der Waals surface area contributed by atoms with Crippen molar-refractivity contribution in [1.82, 2.24) is 10.2 Å². The number of allylic oxidation sites excluding steroid dienone is 1. The van der Waals surface area contributed by atoms with Gasteiger partial charge in [0.15, 0.2) is 5.11 Å². The van der Waals surface area contributed by atoms with Gasteiger partial charge in [-0.15, -0.1) is 0 Å². The first kappa shape index (κ1) is 24.5. The van der Waals surface area contributed by atoms with Gasteiger partial charge in [0.2, 0.25) is 0 Å². The van der Waals surface area contributed by atoms with Crippen molar-refractivity contribution in [1.29, 1.82) is 0 Å². The molecule has 2 aromatic rings. The predicted octanol–water partition coefficient (Wildman–Crippen LogP) is 4.84. The normalized spacial score (nSPS) is 16.0. The monoisotopic (exact) mass is 465 g/mol. The molecule has 0 fully saturated rings. The van der Waals surface area contributed by atoms with Crippen molar-refractivity contribution in [2.75, 3.05) is 19.0 Å². The quantitative estimate of drug-likeness (QED) is 0.451. The Labute approximate surface area is 201 Å². The highest BCUT2D eigenvalue weighted by atomic mass is 32.1. The molecule has 0 aliphatic carbocycles. The largest absolute Gasteiger partial charge is 0.462 e. The van der Waals surface area contributed by atoms with E-state index in [0.29, 0.717) is 28.5 Å². The zero-order valence-corrected chi connectivity index (χ0v) is 20.6. The number of nitrogens with zero attached hydrogens (tertiary/aromatic N) is 1. The summed E-state index contributed by atoms with van der Waals surface area (Å²) >= 11 is 5.45. The van der Waals surface area contributed by atoms with Crippen LogP contribution in [0.2, 0.25) is 0 Å². The molecule has 2 N–H and O–H groups in total.